The summed E-state index contributed by atoms with van der Waals surface area (Å²) in [4.78, 5) is 29.1. The zero-order valence-corrected chi connectivity index (χ0v) is 17.4. The van der Waals surface area contributed by atoms with E-state index in [2.05, 4.69) is 15.5 Å². The SMILES string of the molecule is COc1ccc(OC)c(NC(=O)[C@@H]2C[C@@H]3CCCN3[C@]23C(=O)Nc2ccc(F)cc23)c1. The van der Waals surface area contributed by atoms with Gasteiger partial charge in [-0.15, -0.1) is 0 Å². The summed E-state index contributed by atoms with van der Waals surface area (Å²) in [6.07, 6.45) is 2.38. The number of rotatable bonds is 4. The van der Waals surface area contributed by atoms with Crippen molar-refractivity contribution in [1.29, 1.82) is 0 Å². The van der Waals surface area contributed by atoms with Gasteiger partial charge >= 0.3 is 0 Å². The summed E-state index contributed by atoms with van der Waals surface area (Å²) in [6.45, 7) is 0.695. The smallest absolute Gasteiger partial charge is 0.250 e. The molecule has 0 aliphatic carbocycles. The van der Waals surface area contributed by atoms with Crippen molar-refractivity contribution >= 4 is 23.2 Å². The van der Waals surface area contributed by atoms with Crippen molar-refractivity contribution in [3.8, 4) is 11.5 Å². The Hall–Kier alpha value is -3.13. The fourth-order valence-corrected chi connectivity index (χ4v) is 5.53. The van der Waals surface area contributed by atoms with Crippen LogP contribution in [0, 0.1) is 11.7 Å². The minimum absolute atomic E-state index is 0.0999. The van der Waals surface area contributed by atoms with Crippen LogP contribution in [0.4, 0.5) is 15.8 Å². The van der Waals surface area contributed by atoms with E-state index >= 15 is 0 Å². The summed E-state index contributed by atoms with van der Waals surface area (Å²) < 4.78 is 24.9. The van der Waals surface area contributed by atoms with Crippen molar-refractivity contribution in [2.24, 2.45) is 5.92 Å². The van der Waals surface area contributed by atoms with Gasteiger partial charge in [0.2, 0.25) is 11.8 Å². The number of carbonyl (C=O) groups excluding carboxylic acids is 2. The Bertz CT molecular complexity index is 1070. The third-order valence-corrected chi connectivity index (χ3v) is 6.81. The largest absolute Gasteiger partial charge is 0.497 e. The monoisotopic (exact) mass is 425 g/mol. The highest BCUT2D eigenvalue weighted by Crippen LogP contribution is 2.55. The molecule has 2 N–H and O–H groups in total. The molecule has 0 aromatic heterocycles. The van der Waals surface area contributed by atoms with Gasteiger partial charge < -0.3 is 20.1 Å². The van der Waals surface area contributed by atoms with Crippen LogP contribution in [0.15, 0.2) is 36.4 Å². The molecular formula is C23H24FN3O4. The van der Waals surface area contributed by atoms with Crippen LogP contribution in [0.25, 0.3) is 0 Å². The summed E-state index contributed by atoms with van der Waals surface area (Å²) >= 11 is 0. The van der Waals surface area contributed by atoms with E-state index in [9.17, 15) is 14.0 Å². The molecule has 2 amide bonds. The van der Waals surface area contributed by atoms with E-state index in [1.807, 2.05) is 0 Å². The van der Waals surface area contributed by atoms with Crippen LogP contribution in [0.5, 0.6) is 11.5 Å². The van der Waals surface area contributed by atoms with Gasteiger partial charge in [-0.3, -0.25) is 14.5 Å². The average Bonchev–Trinajstić information content (AvgIpc) is 3.42. The lowest BCUT2D eigenvalue weighted by atomic mass is 9.78. The van der Waals surface area contributed by atoms with Crippen LogP contribution in [0.1, 0.15) is 24.8 Å². The Balaban J connectivity index is 1.57. The third-order valence-electron chi connectivity index (χ3n) is 6.81. The van der Waals surface area contributed by atoms with Crippen molar-refractivity contribution in [3.05, 3.63) is 47.8 Å². The number of ether oxygens (including phenoxy) is 2. The summed E-state index contributed by atoms with van der Waals surface area (Å²) in [6, 6.07) is 9.52. The first-order valence-corrected chi connectivity index (χ1v) is 10.4. The number of anilines is 2. The van der Waals surface area contributed by atoms with Crippen LogP contribution in [0.2, 0.25) is 0 Å². The van der Waals surface area contributed by atoms with Gasteiger partial charge in [0.15, 0.2) is 0 Å². The fourth-order valence-electron chi connectivity index (χ4n) is 5.53. The highest BCUT2D eigenvalue weighted by Gasteiger charge is 2.65. The molecule has 3 aliphatic rings. The van der Waals surface area contributed by atoms with E-state index in [0.717, 1.165) is 12.8 Å². The maximum absolute atomic E-state index is 14.2. The number of methoxy groups -OCH3 is 2. The van der Waals surface area contributed by atoms with Crippen molar-refractivity contribution in [3.63, 3.8) is 0 Å². The lowest BCUT2D eigenvalue weighted by Crippen LogP contribution is -2.53. The number of fused-ring (bicyclic) bond motifs is 4. The molecule has 0 radical (unpaired) electrons. The third kappa shape index (κ3) is 2.81. The van der Waals surface area contributed by atoms with Crippen LogP contribution in [0.3, 0.4) is 0 Å². The van der Waals surface area contributed by atoms with Gasteiger partial charge in [-0.25, -0.2) is 4.39 Å². The molecule has 2 aromatic rings. The topological polar surface area (TPSA) is 79.9 Å². The maximum atomic E-state index is 14.2. The van der Waals surface area contributed by atoms with Gasteiger partial charge in [-0.05, 0) is 56.1 Å². The molecule has 5 rings (SSSR count). The summed E-state index contributed by atoms with van der Waals surface area (Å²) in [5, 5.41) is 5.83. The normalized spacial score (nSPS) is 26.5. The molecule has 3 heterocycles. The van der Waals surface area contributed by atoms with Crippen LogP contribution in [-0.4, -0.2) is 43.5 Å². The molecule has 162 valence electrons. The van der Waals surface area contributed by atoms with Crippen molar-refractivity contribution in [1.82, 2.24) is 4.90 Å². The Kier molecular flexibility index (Phi) is 4.62. The Morgan fingerprint density at radius 3 is 2.84 bits per heavy atom. The minimum Gasteiger partial charge on any atom is -0.497 e. The van der Waals surface area contributed by atoms with E-state index in [1.165, 1.54) is 19.2 Å². The first kappa shape index (κ1) is 19.8. The first-order valence-electron chi connectivity index (χ1n) is 10.4. The lowest BCUT2D eigenvalue weighted by molar-refractivity contribution is -0.135. The molecule has 3 aliphatic heterocycles. The van der Waals surface area contributed by atoms with Gasteiger partial charge in [0.1, 0.15) is 22.9 Å². The second-order valence-electron chi connectivity index (χ2n) is 8.24. The summed E-state index contributed by atoms with van der Waals surface area (Å²) in [5.74, 6) is -0.598. The quantitative estimate of drug-likeness (QED) is 0.787. The number of benzene rings is 2. The summed E-state index contributed by atoms with van der Waals surface area (Å²) in [5.41, 5.74) is 0.358. The first-order chi connectivity index (χ1) is 15.0. The second kappa shape index (κ2) is 7.23. The number of hydrogen-bond acceptors (Lipinski definition) is 5. The Morgan fingerprint density at radius 1 is 1.23 bits per heavy atom. The van der Waals surface area contributed by atoms with Crippen molar-refractivity contribution in [2.45, 2.75) is 30.8 Å². The van der Waals surface area contributed by atoms with Crippen molar-refractivity contribution in [2.75, 3.05) is 31.4 Å². The molecule has 0 saturated carbocycles. The molecule has 31 heavy (non-hydrogen) atoms. The molecule has 0 unspecified atom stereocenters. The lowest BCUT2D eigenvalue weighted by Gasteiger charge is -2.36. The number of amides is 2. The highest BCUT2D eigenvalue weighted by atomic mass is 19.1. The van der Waals surface area contributed by atoms with Crippen LogP contribution < -0.4 is 20.1 Å². The molecule has 0 bridgehead atoms. The molecule has 8 heteroatoms. The van der Waals surface area contributed by atoms with Gasteiger partial charge in [-0.2, -0.15) is 0 Å². The molecule has 2 fully saturated rings. The number of carbonyl (C=O) groups is 2. The minimum atomic E-state index is -1.21. The number of hydrogen-bond donors (Lipinski definition) is 2. The molecular weight excluding hydrogens is 401 g/mol. The zero-order valence-electron chi connectivity index (χ0n) is 17.4. The van der Waals surface area contributed by atoms with E-state index in [4.69, 9.17) is 9.47 Å². The van der Waals surface area contributed by atoms with Gasteiger partial charge in [0.05, 0.1) is 25.8 Å². The van der Waals surface area contributed by atoms with Gasteiger partial charge in [0, 0.05) is 23.4 Å². The molecule has 3 atom stereocenters. The van der Waals surface area contributed by atoms with E-state index in [1.54, 1.807) is 31.4 Å². The average molecular weight is 425 g/mol. The molecule has 1 spiro atoms. The van der Waals surface area contributed by atoms with Gasteiger partial charge in [0.25, 0.3) is 0 Å². The fraction of sp³-hybridized carbons (Fsp3) is 0.391. The Morgan fingerprint density at radius 2 is 2.06 bits per heavy atom. The van der Waals surface area contributed by atoms with Crippen molar-refractivity contribution < 1.29 is 23.5 Å². The molecule has 7 nitrogen and oxygen atoms in total. The predicted octanol–water partition coefficient (Wildman–Crippen LogP) is 3.11. The van der Waals surface area contributed by atoms with E-state index < -0.39 is 17.3 Å². The number of nitrogens with one attached hydrogen (secondary N) is 2. The molecule has 2 aromatic carbocycles. The summed E-state index contributed by atoms with van der Waals surface area (Å²) in [7, 11) is 3.07. The van der Waals surface area contributed by atoms with E-state index in [-0.39, 0.29) is 17.9 Å². The standard InChI is InChI=1S/C23H24FN3O4/c1-30-15-6-8-20(31-2)19(12-15)25-21(28)17-11-14-4-3-9-27(14)23(17)16-10-13(24)5-7-18(16)26-22(23)29/h5-8,10,12,14,17H,3-4,9,11H2,1-2H3,(H,25,28)(H,26,29)/t14-,17-,23-/m0/s1. The highest BCUT2D eigenvalue weighted by molar-refractivity contribution is 6.10. The Labute approximate surface area is 179 Å². The number of nitrogens with zero attached hydrogens (tertiary/aromatic N) is 1. The zero-order chi connectivity index (χ0) is 21.8. The van der Waals surface area contributed by atoms with Crippen LogP contribution in [-0.2, 0) is 15.1 Å². The van der Waals surface area contributed by atoms with Gasteiger partial charge in [-0.1, -0.05) is 0 Å². The predicted molar refractivity (Wildman–Crippen MR) is 113 cm³/mol. The maximum Gasteiger partial charge on any atom is 0.250 e. The second-order valence-corrected chi connectivity index (χ2v) is 8.24. The number of halogens is 1. The van der Waals surface area contributed by atoms with Crippen LogP contribution >= 0.6 is 0 Å². The van der Waals surface area contributed by atoms with E-state index in [0.29, 0.717) is 41.4 Å². The molecule has 2 saturated heterocycles.